The van der Waals surface area contributed by atoms with Gasteiger partial charge in [0.25, 0.3) is 0 Å². The van der Waals surface area contributed by atoms with Gasteiger partial charge in [-0.05, 0) is 47.5 Å². The summed E-state index contributed by atoms with van der Waals surface area (Å²) in [6, 6.07) is 7.07. The van der Waals surface area contributed by atoms with Crippen molar-refractivity contribution in [3.63, 3.8) is 0 Å². The van der Waals surface area contributed by atoms with Crippen LogP contribution >= 0.6 is 22.9 Å². The fourth-order valence-electron chi connectivity index (χ4n) is 1.44. The highest BCUT2D eigenvalue weighted by molar-refractivity contribution is 7.07. The lowest BCUT2D eigenvalue weighted by Gasteiger charge is -2.09. The van der Waals surface area contributed by atoms with E-state index in [4.69, 9.17) is 16.3 Å². The van der Waals surface area contributed by atoms with Crippen molar-refractivity contribution < 1.29 is 9.53 Å². The monoisotopic (exact) mass is 266 g/mol. The third kappa shape index (κ3) is 3.08. The standard InChI is InChI=1S/C13H11ClO2S/c1-9(15)12-6-11(14)2-3-13(12)16-7-10-4-5-17-8-10/h2-6,8H,7H2,1H3. The molecule has 0 N–H and O–H groups in total. The maximum absolute atomic E-state index is 11.4. The first-order valence-corrected chi connectivity index (χ1v) is 6.43. The lowest BCUT2D eigenvalue weighted by molar-refractivity contribution is 0.101. The average Bonchev–Trinajstić information content (AvgIpc) is 2.80. The summed E-state index contributed by atoms with van der Waals surface area (Å²) < 4.78 is 5.63. The smallest absolute Gasteiger partial charge is 0.163 e. The molecule has 1 heterocycles. The zero-order valence-corrected chi connectivity index (χ0v) is 10.8. The summed E-state index contributed by atoms with van der Waals surface area (Å²) in [5.41, 5.74) is 1.62. The zero-order valence-electron chi connectivity index (χ0n) is 9.27. The number of ketones is 1. The Morgan fingerprint density at radius 2 is 2.24 bits per heavy atom. The minimum absolute atomic E-state index is 0.0483. The van der Waals surface area contributed by atoms with Gasteiger partial charge in [0.2, 0.25) is 0 Å². The van der Waals surface area contributed by atoms with E-state index in [1.807, 2.05) is 16.8 Å². The SMILES string of the molecule is CC(=O)c1cc(Cl)ccc1OCc1ccsc1. The minimum Gasteiger partial charge on any atom is -0.488 e. The Hall–Kier alpha value is -1.32. The average molecular weight is 267 g/mol. The van der Waals surface area contributed by atoms with Crippen LogP contribution in [0.1, 0.15) is 22.8 Å². The van der Waals surface area contributed by atoms with Crippen LogP contribution in [0.2, 0.25) is 5.02 Å². The molecule has 0 atom stereocenters. The van der Waals surface area contributed by atoms with Gasteiger partial charge in [0.05, 0.1) is 5.56 Å². The number of hydrogen-bond acceptors (Lipinski definition) is 3. The predicted molar refractivity (Wildman–Crippen MR) is 70.1 cm³/mol. The number of benzene rings is 1. The van der Waals surface area contributed by atoms with Gasteiger partial charge in [0.15, 0.2) is 5.78 Å². The molecule has 88 valence electrons. The van der Waals surface area contributed by atoms with Crippen LogP contribution in [0, 0.1) is 0 Å². The van der Waals surface area contributed by atoms with Crippen LogP contribution in [-0.4, -0.2) is 5.78 Å². The summed E-state index contributed by atoms with van der Waals surface area (Å²) in [5, 5.41) is 4.55. The topological polar surface area (TPSA) is 26.3 Å². The molecule has 0 fully saturated rings. The van der Waals surface area contributed by atoms with Gasteiger partial charge >= 0.3 is 0 Å². The Bertz CT molecular complexity index is 520. The minimum atomic E-state index is -0.0483. The number of carbonyl (C=O) groups excluding carboxylic acids is 1. The van der Waals surface area contributed by atoms with Crippen LogP contribution in [0.4, 0.5) is 0 Å². The van der Waals surface area contributed by atoms with Crippen LogP contribution in [0.5, 0.6) is 5.75 Å². The Balaban J connectivity index is 2.17. The number of ether oxygens (including phenoxy) is 1. The Morgan fingerprint density at radius 1 is 1.41 bits per heavy atom. The van der Waals surface area contributed by atoms with Crippen LogP contribution in [0.15, 0.2) is 35.0 Å². The number of hydrogen-bond donors (Lipinski definition) is 0. The molecule has 17 heavy (non-hydrogen) atoms. The van der Waals surface area contributed by atoms with Gasteiger partial charge in [-0.15, -0.1) is 0 Å². The molecule has 0 unspecified atom stereocenters. The third-order valence-electron chi connectivity index (χ3n) is 2.30. The van der Waals surface area contributed by atoms with Gasteiger partial charge < -0.3 is 4.74 Å². The number of carbonyl (C=O) groups is 1. The molecule has 0 aliphatic rings. The molecule has 2 rings (SSSR count). The Kier molecular flexibility index (Phi) is 3.82. The Labute approximate surface area is 109 Å². The maximum atomic E-state index is 11.4. The lowest BCUT2D eigenvalue weighted by atomic mass is 10.1. The molecule has 0 radical (unpaired) electrons. The molecule has 0 bridgehead atoms. The van der Waals surface area contributed by atoms with E-state index in [1.54, 1.807) is 29.5 Å². The van der Waals surface area contributed by atoms with Gasteiger partial charge in [-0.2, -0.15) is 11.3 Å². The van der Waals surface area contributed by atoms with Gasteiger partial charge in [0, 0.05) is 5.02 Å². The normalized spacial score (nSPS) is 10.2. The first-order valence-electron chi connectivity index (χ1n) is 5.11. The number of Topliss-reactive ketones (excluding diaryl/α,β-unsaturated/α-hetero) is 1. The largest absolute Gasteiger partial charge is 0.488 e. The van der Waals surface area contributed by atoms with Gasteiger partial charge in [-0.3, -0.25) is 4.79 Å². The molecule has 2 nitrogen and oxygen atoms in total. The highest BCUT2D eigenvalue weighted by atomic mass is 35.5. The molecule has 0 saturated carbocycles. The first-order chi connectivity index (χ1) is 8.16. The summed E-state index contributed by atoms with van der Waals surface area (Å²) in [6.07, 6.45) is 0. The number of halogens is 1. The second-order valence-electron chi connectivity index (χ2n) is 3.62. The van der Waals surface area contributed by atoms with Crippen molar-refractivity contribution in [3.05, 3.63) is 51.2 Å². The molecular formula is C13H11ClO2S. The summed E-state index contributed by atoms with van der Waals surface area (Å²) in [4.78, 5) is 11.4. The lowest BCUT2D eigenvalue weighted by Crippen LogP contribution is -2.01. The third-order valence-corrected chi connectivity index (χ3v) is 3.26. The van der Waals surface area contributed by atoms with Crippen molar-refractivity contribution in [2.24, 2.45) is 0 Å². The number of rotatable bonds is 4. The highest BCUT2D eigenvalue weighted by Crippen LogP contribution is 2.24. The van der Waals surface area contributed by atoms with Crippen molar-refractivity contribution in [2.45, 2.75) is 13.5 Å². The second-order valence-corrected chi connectivity index (χ2v) is 4.83. The number of thiophene rings is 1. The molecular weight excluding hydrogens is 256 g/mol. The summed E-state index contributed by atoms with van der Waals surface area (Å²) >= 11 is 7.47. The summed E-state index contributed by atoms with van der Waals surface area (Å²) in [7, 11) is 0. The molecule has 0 amide bonds. The van der Waals surface area contributed by atoms with Crippen molar-refractivity contribution in [1.82, 2.24) is 0 Å². The van der Waals surface area contributed by atoms with E-state index in [-0.39, 0.29) is 5.78 Å². The fourth-order valence-corrected chi connectivity index (χ4v) is 2.26. The quantitative estimate of drug-likeness (QED) is 0.776. The second kappa shape index (κ2) is 5.34. The van der Waals surface area contributed by atoms with E-state index < -0.39 is 0 Å². The van der Waals surface area contributed by atoms with Crippen molar-refractivity contribution >= 4 is 28.7 Å². The van der Waals surface area contributed by atoms with E-state index in [2.05, 4.69) is 0 Å². The predicted octanol–water partition coefficient (Wildman–Crippen LogP) is 4.18. The van der Waals surface area contributed by atoms with E-state index in [1.165, 1.54) is 6.92 Å². The molecule has 0 aliphatic heterocycles. The van der Waals surface area contributed by atoms with Gasteiger partial charge in [-0.25, -0.2) is 0 Å². The first kappa shape index (κ1) is 12.1. The summed E-state index contributed by atoms with van der Waals surface area (Å²) in [5.74, 6) is 0.529. The summed E-state index contributed by atoms with van der Waals surface area (Å²) in [6.45, 7) is 1.97. The van der Waals surface area contributed by atoms with Crippen molar-refractivity contribution in [3.8, 4) is 5.75 Å². The van der Waals surface area contributed by atoms with Crippen molar-refractivity contribution in [1.29, 1.82) is 0 Å². The molecule has 0 aliphatic carbocycles. The molecule has 4 heteroatoms. The van der Waals surface area contributed by atoms with E-state index in [0.29, 0.717) is 22.9 Å². The highest BCUT2D eigenvalue weighted by Gasteiger charge is 2.09. The van der Waals surface area contributed by atoms with Gasteiger partial charge in [-0.1, -0.05) is 11.6 Å². The molecule has 2 aromatic rings. The van der Waals surface area contributed by atoms with E-state index in [9.17, 15) is 4.79 Å². The van der Waals surface area contributed by atoms with E-state index in [0.717, 1.165) is 5.56 Å². The molecule has 0 saturated heterocycles. The molecule has 1 aromatic carbocycles. The molecule has 1 aromatic heterocycles. The van der Waals surface area contributed by atoms with Crippen LogP contribution < -0.4 is 4.74 Å². The molecule has 0 spiro atoms. The Morgan fingerprint density at radius 3 is 2.88 bits per heavy atom. The fraction of sp³-hybridized carbons (Fsp3) is 0.154. The van der Waals surface area contributed by atoms with Crippen LogP contribution in [0.3, 0.4) is 0 Å². The van der Waals surface area contributed by atoms with Crippen molar-refractivity contribution in [2.75, 3.05) is 0 Å². The maximum Gasteiger partial charge on any atom is 0.163 e. The van der Waals surface area contributed by atoms with Crippen LogP contribution in [0.25, 0.3) is 0 Å². The van der Waals surface area contributed by atoms with Crippen LogP contribution in [-0.2, 0) is 6.61 Å². The zero-order chi connectivity index (χ0) is 12.3. The van der Waals surface area contributed by atoms with E-state index >= 15 is 0 Å². The van der Waals surface area contributed by atoms with Gasteiger partial charge in [0.1, 0.15) is 12.4 Å².